The Morgan fingerprint density at radius 1 is 1.11 bits per heavy atom. The number of amides is 2. The molecule has 1 saturated carbocycles. The number of nitrogens with zero attached hydrogens (tertiary/aromatic N) is 2. The van der Waals surface area contributed by atoms with Crippen LogP contribution in [0.2, 0.25) is 0 Å². The predicted molar refractivity (Wildman–Crippen MR) is 146 cm³/mol. The molecule has 0 unspecified atom stereocenters. The average molecular weight is 514 g/mol. The van der Waals surface area contributed by atoms with Gasteiger partial charge in [-0.15, -0.1) is 0 Å². The Bertz CT molecular complexity index is 1270. The molecule has 2 amide bonds. The zero-order valence-electron chi connectivity index (χ0n) is 22.0. The summed E-state index contributed by atoms with van der Waals surface area (Å²) in [5, 5.41) is 13.5. The topological polar surface area (TPSA) is 91.8 Å². The zero-order valence-corrected chi connectivity index (χ0v) is 22.0. The van der Waals surface area contributed by atoms with Crippen LogP contribution in [0.25, 0.3) is 11.3 Å². The van der Waals surface area contributed by atoms with E-state index in [1.165, 1.54) is 0 Å². The van der Waals surface area contributed by atoms with Gasteiger partial charge in [-0.2, -0.15) is 0 Å². The minimum atomic E-state index is -0.974. The van der Waals surface area contributed by atoms with Gasteiger partial charge < -0.3 is 20.1 Å². The first-order valence-electron chi connectivity index (χ1n) is 13.3. The fourth-order valence-electron chi connectivity index (χ4n) is 5.06. The van der Waals surface area contributed by atoms with Crippen LogP contribution in [-0.2, 0) is 16.8 Å². The Morgan fingerprint density at radius 2 is 1.84 bits per heavy atom. The monoisotopic (exact) mass is 513 g/mol. The van der Waals surface area contributed by atoms with Crippen molar-refractivity contribution >= 4 is 12.0 Å². The number of hydrogen-bond acceptors (Lipinski definition) is 5. The summed E-state index contributed by atoms with van der Waals surface area (Å²) in [4.78, 5) is 31.5. The molecule has 38 heavy (non-hydrogen) atoms. The van der Waals surface area contributed by atoms with Crippen molar-refractivity contribution in [3.05, 3.63) is 89.6 Å². The third-order valence-electron chi connectivity index (χ3n) is 7.20. The van der Waals surface area contributed by atoms with Crippen molar-refractivity contribution in [3.8, 4) is 11.3 Å². The molecule has 0 spiro atoms. The van der Waals surface area contributed by atoms with Crippen LogP contribution in [-0.4, -0.2) is 51.7 Å². The smallest absolute Gasteiger partial charge is 0.410 e. The maximum absolute atomic E-state index is 13.1. The molecule has 2 aliphatic rings. The molecule has 1 aliphatic heterocycles. The Morgan fingerprint density at radius 3 is 2.45 bits per heavy atom. The summed E-state index contributed by atoms with van der Waals surface area (Å²) in [6.45, 7) is 4.61. The number of ether oxygens (including phenoxy) is 1. The molecule has 0 radical (unpaired) electrons. The van der Waals surface area contributed by atoms with Gasteiger partial charge >= 0.3 is 6.09 Å². The minimum absolute atomic E-state index is 0.0702. The molecule has 1 aromatic heterocycles. The van der Waals surface area contributed by atoms with Crippen LogP contribution in [0.4, 0.5) is 4.79 Å². The lowest BCUT2D eigenvalue weighted by molar-refractivity contribution is -0.0960. The number of nitrogens with one attached hydrogen (secondary N) is 1. The van der Waals surface area contributed by atoms with Crippen LogP contribution in [0, 0.1) is 0 Å². The second kappa shape index (κ2) is 10.6. The number of cyclic esters (lactones) is 1. The molecule has 7 heteroatoms. The van der Waals surface area contributed by atoms with E-state index in [9.17, 15) is 14.7 Å². The minimum Gasteiger partial charge on any atom is -0.438 e. The van der Waals surface area contributed by atoms with Gasteiger partial charge in [-0.05, 0) is 56.4 Å². The van der Waals surface area contributed by atoms with Gasteiger partial charge in [0.2, 0.25) is 0 Å². The summed E-state index contributed by atoms with van der Waals surface area (Å²) in [5.74, 6) is -0.0702. The second-order valence-electron chi connectivity index (χ2n) is 11.1. The fraction of sp³-hybridized carbons (Fsp3) is 0.387. The van der Waals surface area contributed by atoms with E-state index in [1.807, 2.05) is 66.7 Å². The molecule has 2 N–H and O–H groups in total. The third kappa shape index (κ3) is 6.22. The maximum Gasteiger partial charge on any atom is 0.410 e. The molecular formula is C31H35N3O4. The highest BCUT2D eigenvalue weighted by molar-refractivity contribution is 5.94. The zero-order chi connectivity index (χ0) is 26.8. The van der Waals surface area contributed by atoms with E-state index < -0.39 is 11.2 Å². The van der Waals surface area contributed by atoms with Gasteiger partial charge in [0, 0.05) is 43.7 Å². The van der Waals surface area contributed by atoms with Gasteiger partial charge in [0.1, 0.15) is 5.60 Å². The van der Waals surface area contributed by atoms with E-state index in [1.54, 1.807) is 24.9 Å². The second-order valence-corrected chi connectivity index (χ2v) is 11.1. The lowest BCUT2D eigenvalue weighted by Gasteiger charge is -2.44. The normalized spacial score (nSPS) is 19.7. The van der Waals surface area contributed by atoms with Gasteiger partial charge in [-0.1, -0.05) is 54.6 Å². The summed E-state index contributed by atoms with van der Waals surface area (Å²) >= 11 is 0. The summed E-state index contributed by atoms with van der Waals surface area (Å²) in [6, 6.07) is 21.8. The first-order valence-corrected chi connectivity index (χ1v) is 13.3. The number of carbonyl (C=O) groups is 2. The lowest BCUT2D eigenvalue weighted by Crippen LogP contribution is -2.51. The molecule has 5 rings (SSSR count). The summed E-state index contributed by atoms with van der Waals surface area (Å²) < 4.78 is 6.06. The van der Waals surface area contributed by atoms with E-state index in [0.29, 0.717) is 44.0 Å². The van der Waals surface area contributed by atoms with Crippen LogP contribution in [0.1, 0.15) is 61.0 Å². The van der Waals surface area contributed by atoms with Crippen molar-refractivity contribution in [1.29, 1.82) is 0 Å². The van der Waals surface area contributed by atoms with Gasteiger partial charge in [-0.25, -0.2) is 4.79 Å². The molecule has 2 aromatic carbocycles. The molecule has 198 valence electrons. The highest BCUT2D eigenvalue weighted by atomic mass is 16.6. The first-order chi connectivity index (χ1) is 18.2. The van der Waals surface area contributed by atoms with Gasteiger partial charge in [0.15, 0.2) is 0 Å². The van der Waals surface area contributed by atoms with Crippen molar-refractivity contribution in [2.45, 2.75) is 63.2 Å². The van der Waals surface area contributed by atoms with Crippen molar-refractivity contribution in [2.75, 3.05) is 13.1 Å². The molecule has 1 aliphatic carbocycles. The van der Waals surface area contributed by atoms with E-state index in [2.05, 4.69) is 10.3 Å². The lowest BCUT2D eigenvalue weighted by atomic mass is 9.80. The quantitative estimate of drug-likeness (QED) is 0.416. The summed E-state index contributed by atoms with van der Waals surface area (Å²) in [5.41, 5.74) is 2.57. The Labute approximate surface area is 223 Å². The number of pyridine rings is 1. The third-order valence-corrected chi connectivity index (χ3v) is 7.20. The SMILES string of the molecule is CC(C)(O)C[C@]1(c2ccccc2)CCN(CCc2ccc(-c3ccc(C(=O)NC4CC4)cn3)cc2)C(=O)O1. The Kier molecular flexibility index (Phi) is 7.21. The van der Waals surface area contributed by atoms with E-state index >= 15 is 0 Å². The summed E-state index contributed by atoms with van der Waals surface area (Å²) in [6.07, 6.45) is 5.04. The molecule has 1 atom stereocenters. The number of rotatable bonds is 9. The van der Waals surface area contributed by atoms with Gasteiger partial charge in [0.05, 0.1) is 16.9 Å². The van der Waals surface area contributed by atoms with Crippen molar-refractivity contribution < 1.29 is 19.4 Å². The van der Waals surface area contributed by atoms with Crippen LogP contribution < -0.4 is 5.32 Å². The number of aliphatic hydroxyl groups is 1. The van der Waals surface area contributed by atoms with Gasteiger partial charge in [0.25, 0.3) is 5.91 Å². The highest BCUT2D eigenvalue weighted by Gasteiger charge is 2.45. The summed E-state index contributed by atoms with van der Waals surface area (Å²) in [7, 11) is 0. The molecular weight excluding hydrogens is 478 g/mol. The maximum atomic E-state index is 13.1. The molecule has 2 fully saturated rings. The van der Waals surface area contributed by atoms with Crippen LogP contribution in [0.5, 0.6) is 0 Å². The van der Waals surface area contributed by atoms with Crippen molar-refractivity contribution in [1.82, 2.24) is 15.2 Å². The molecule has 2 heterocycles. The largest absolute Gasteiger partial charge is 0.438 e. The Hall–Kier alpha value is -3.71. The first kappa shape index (κ1) is 25.9. The number of aromatic nitrogens is 1. The van der Waals surface area contributed by atoms with Gasteiger partial charge in [-0.3, -0.25) is 9.78 Å². The van der Waals surface area contributed by atoms with E-state index in [-0.39, 0.29) is 12.0 Å². The standard InChI is InChI=1S/C31H35N3O4/c1-30(2,37)21-31(25-6-4-3-5-7-25)17-19-34(29(36)38-31)18-16-22-8-10-23(11-9-22)27-15-12-24(20-32-27)28(35)33-26-13-14-26/h3-12,15,20,26,37H,13-14,16-19,21H2,1-2H3,(H,33,35)/t31-/m0/s1. The number of hydrogen-bond donors (Lipinski definition) is 2. The number of benzene rings is 2. The number of carbonyl (C=O) groups excluding carboxylic acids is 2. The van der Waals surface area contributed by atoms with Crippen molar-refractivity contribution in [2.24, 2.45) is 0 Å². The molecule has 1 saturated heterocycles. The van der Waals surface area contributed by atoms with Crippen LogP contribution in [0.3, 0.4) is 0 Å². The fourth-order valence-corrected chi connectivity index (χ4v) is 5.06. The van der Waals surface area contributed by atoms with Crippen LogP contribution in [0.15, 0.2) is 72.9 Å². The van der Waals surface area contributed by atoms with E-state index in [0.717, 1.165) is 35.2 Å². The van der Waals surface area contributed by atoms with Crippen molar-refractivity contribution in [3.63, 3.8) is 0 Å². The average Bonchev–Trinajstić information content (AvgIpc) is 3.72. The van der Waals surface area contributed by atoms with E-state index in [4.69, 9.17) is 4.74 Å². The highest BCUT2D eigenvalue weighted by Crippen LogP contribution is 2.40. The predicted octanol–water partition coefficient (Wildman–Crippen LogP) is 5.08. The molecule has 0 bridgehead atoms. The molecule has 7 nitrogen and oxygen atoms in total. The Balaban J connectivity index is 1.18. The molecule has 3 aromatic rings. The van der Waals surface area contributed by atoms with Crippen LogP contribution >= 0.6 is 0 Å².